The van der Waals surface area contributed by atoms with Crippen molar-refractivity contribution in [2.24, 2.45) is 22.2 Å². The molecule has 0 spiro atoms. The van der Waals surface area contributed by atoms with Crippen molar-refractivity contribution >= 4 is 5.91 Å². The van der Waals surface area contributed by atoms with Crippen LogP contribution in [0, 0.1) is 22.2 Å². The first kappa shape index (κ1) is 10.6. The molecule has 2 atom stereocenters. The smallest absolute Gasteiger partial charge is 0.249 e. The highest BCUT2D eigenvalue weighted by Crippen LogP contribution is 2.69. The number of hydroxylamine groups is 1. The molecule has 4 saturated carbocycles. The molecule has 0 aromatic heterocycles. The van der Waals surface area contributed by atoms with Crippen molar-refractivity contribution in [3.05, 3.63) is 0 Å². The standard InChI is InChI=1S/C13H21NO2/c1-11-3-9-4-12(2,6-11)8-13(5-9,7-11)10(15)14-16/h9,16H,3-8H2,1-2H3,(H,14,15)/t9?,11-,12-,13?/m0/s1. The van der Waals surface area contributed by atoms with Crippen molar-refractivity contribution in [2.45, 2.75) is 52.4 Å². The van der Waals surface area contributed by atoms with Gasteiger partial charge in [0.25, 0.3) is 0 Å². The van der Waals surface area contributed by atoms with E-state index in [9.17, 15) is 4.79 Å². The number of nitrogens with one attached hydrogen (secondary N) is 1. The molecule has 4 fully saturated rings. The molecule has 2 N–H and O–H groups in total. The minimum atomic E-state index is -0.266. The lowest BCUT2D eigenvalue weighted by atomic mass is 9.40. The molecule has 4 rings (SSSR count). The topological polar surface area (TPSA) is 49.3 Å². The maximum Gasteiger partial charge on any atom is 0.249 e. The molecule has 0 saturated heterocycles. The van der Waals surface area contributed by atoms with Gasteiger partial charge in [-0.3, -0.25) is 10.0 Å². The van der Waals surface area contributed by atoms with Gasteiger partial charge in [-0.05, 0) is 55.3 Å². The van der Waals surface area contributed by atoms with Crippen LogP contribution in [0.5, 0.6) is 0 Å². The number of hydrogen-bond donors (Lipinski definition) is 2. The van der Waals surface area contributed by atoms with E-state index in [0.29, 0.717) is 16.7 Å². The van der Waals surface area contributed by atoms with Crippen LogP contribution in [0.25, 0.3) is 0 Å². The number of hydrogen-bond acceptors (Lipinski definition) is 2. The Kier molecular flexibility index (Phi) is 1.86. The third kappa shape index (κ3) is 1.27. The summed E-state index contributed by atoms with van der Waals surface area (Å²) in [5, 5.41) is 8.96. The van der Waals surface area contributed by atoms with E-state index in [4.69, 9.17) is 5.21 Å². The summed E-state index contributed by atoms with van der Waals surface area (Å²) in [6.45, 7) is 4.66. The Morgan fingerprint density at radius 2 is 1.69 bits per heavy atom. The number of carbonyl (C=O) groups excluding carboxylic acids is 1. The summed E-state index contributed by atoms with van der Waals surface area (Å²) < 4.78 is 0. The Hall–Kier alpha value is -0.570. The molecular formula is C13H21NO2. The first-order chi connectivity index (χ1) is 7.39. The molecule has 0 unspecified atom stereocenters. The highest BCUT2D eigenvalue weighted by atomic mass is 16.5. The van der Waals surface area contributed by atoms with Gasteiger partial charge in [0.2, 0.25) is 5.91 Å². The third-order valence-corrected chi connectivity index (χ3v) is 5.21. The highest BCUT2D eigenvalue weighted by Gasteiger charge is 2.62. The van der Waals surface area contributed by atoms with Crippen LogP contribution in [-0.4, -0.2) is 11.1 Å². The van der Waals surface area contributed by atoms with Gasteiger partial charge in [-0.15, -0.1) is 0 Å². The zero-order chi connectivity index (χ0) is 11.6. The minimum absolute atomic E-state index is 0.131. The molecule has 90 valence electrons. The van der Waals surface area contributed by atoms with Gasteiger partial charge in [0.1, 0.15) is 0 Å². The molecule has 16 heavy (non-hydrogen) atoms. The lowest BCUT2D eigenvalue weighted by Gasteiger charge is -2.64. The molecular weight excluding hydrogens is 202 g/mol. The second-order valence-electron chi connectivity index (χ2n) is 7.35. The molecule has 0 radical (unpaired) electrons. The second-order valence-corrected chi connectivity index (χ2v) is 7.35. The molecule has 4 aliphatic rings. The third-order valence-electron chi connectivity index (χ3n) is 5.21. The van der Waals surface area contributed by atoms with E-state index in [1.165, 1.54) is 19.3 Å². The van der Waals surface area contributed by atoms with Crippen LogP contribution in [0.1, 0.15) is 52.4 Å². The first-order valence-electron chi connectivity index (χ1n) is 6.33. The number of amides is 1. The van der Waals surface area contributed by atoms with E-state index in [1.807, 2.05) is 5.48 Å². The predicted octanol–water partition coefficient (Wildman–Crippen LogP) is 2.49. The maximum absolute atomic E-state index is 12.0. The Bertz CT molecular complexity index is 334. The summed E-state index contributed by atoms with van der Waals surface area (Å²) in [6.07, 6.45) is 6.75. The van der Waals surface area contributed by atoms with Crippen LogP contribution in [0.2, 0.25) is 0 Å². The largest absolute Gasteiger partial charge is 0.289 e. The fourth-order valence-electron chi connectivity index (χ4n) is 5.82. The van der Waals surface area contributed by atoms with Crippen molar-refractivity contribution in [3.63, 3.8) is 0 Å². The van der Waals surface area contributed by atoms with E-state index in [1.54, 1.807) is 0 Å². The molecule has 3 nitrogen and oxygen atoms in total. The predicted molar refractivity (Wildman–Crippen MR) is 59.8 cm³/mol. The van der Waals surface area contributed by atoms with E-state index in [-0.39, 0.29) is 11.3 Å². The van der Waals surface area contributed by atoms with Crippen molar-refractivity contribution < 1.29 is 10.0 Å². The summed E-state index contributed by atoms with van der Waals surface area (Å²) in [5.41, 5.74) is 2.32. The zero-order valence-corrected chi connectivity index (χ0v) is 10.2. The average molecular weight is 223 g/mol. The summed E-state index contributed by atoms with van der Waals surface area (Å²) >= 11 is 0. The Balaban J connectivity index is 2.01. The van der Waals surface area contributed by atoms with Gasteiger partial charge in [-0.2, -0.15) is 0 Å². The SMILES string of the molecule is C[C@@]12CC3CC(C(=O)NO)(C1)C[C@@](C)(C3)C2. The molecule has 0 aliphatic heterocycles. The Labute approximate surface area is 96.6 Å². The molecule has 0 aromatic carbocycles. The molecule has 3 heteroatoms. The van der Waals surface area contributed by atoms with Crippen molar-refractivity contribution in [1.29, 1.82) is 0 Å². The van der Waals surface area contributed by atoms with Gasteiger partial charge < -0.3 is 0 Å². The van der Waals surface area contributed by atoms with E-state index in [2.05, 4.69) is 13.8 Å². The minimum Gasteiger partial charge on any atom is -0.289 e. The number of carbonyl (C=O) groups is 1. The molecule has 0 heterocycles. The zero-order valence-electron chi connectivity index (χ0n) is 10.2. The van der Waals surface area contributed by atoms with Crippen LogP contribution >= 0.6 is 0 Å². The van der Waals surface area contributed by atoms with Crippen molar-refractivity contribution in [1.82, 2.24) is 5.48 Å². The van der Waals surface area contributed by atoms with Crippen LogP contribution in [-0.2, 0) is 4.79 Å². The fourth-order valence-corrected chi connectivity index (χ4v) is 5.82. The summed E-state index contributed by atoms with van der Waals surface area (Å²) in [5.74, 6) is 0.567. The normalized spacial score (nSPS) is 54.1. The first-order valence-corrected chi connectivity index (χ1v) is 6.33. The monoisotopic (exact) mass is 223 g/mol. The summed E-state index contributed by atoms with van der Waals surface area (Å²) in [7, 11) is 0. The fraction of sp³-hybridized carbons (Fsp3) is 0.923. The lowest BCUT2D eigenvalue weighted by molar-refractivity contribution is -0.177. The van der Waals surface area contributed by atoms with Gasteiger partial charge in [-0.1, -0.05) is 13.8 Å². The van der Waals surface area contributed by atoms with Crippen molar-refractivity contribution in [3.8, 4) is 0 Å². The van der Waals surface area contributed by atoms with Gasteiger partial charge in [0, 0.05) is 0 Å². The summed E-state index contributed by atoms with van der Waals surface area (Å²) in [4.78, 5) is 12.0. The van der Waals surface area contributed by atoms with Crippen LogP contribution in [0.4, 0.5) is 0 Å². The van der Waals surface area contributed by atoms with Gasteiger partial charge in [-0.25, -0.2) is 5.48 Å². The molecule has 4 bridgehead atoms. The lowest BCUT2D eigenvalue weighted by Crippen LogP contribution is -2.59. The average Bonchev–Trinajstić information content (AvgIpc) is 2.10. The van der Waals surface area contributed by atoms with Gasteiger partial charge in [0.05, 0.1) is 5.41 Å². The van der Waals surface area contributed by atoms with E-state index < -0.39 is 0 Å². The molecule has 4 aliphatic carbocycles. The number of rotatable bonds is 1. The van der Waals surface area contributed by atoms with Crippen LogP contribution in [0.3, 0.4) is 0 Å². The quantitative estimate of drug-likeness (QED) is 0.530. The van der Waals surface area contributed by atoms with Crippen molar-refractivity contribution in [2.75, 3.05) is 0 Å². The van der Waals surface area contributed by atoms with Crippen LogP contribution < -0.4 is 5.48 Å². The highest BCUT2D eigenvalue weighted by molar-refractivity contribution is 5.82. The van der Waals surface area contributed by atoms with Gasteiger partial charge in [0.15, 0.2) is 0 Å². The second kappa shape index (κ2) is 2.81. The van der Waals surface area contributed by atoms with Gasteiger partial charge >= 0.3 is 0 Å². The van der Waals surface area contributed by atoms with Crippen LogP contribution in [0.15, 0.2) is 0 Å². The Morgan fingerprint density at radius 3 is 2.12 bits per heavy atom. The molecule has 1 amide bonds. The maximum atomic E-state index is 12.0. The van der Waals surface area contributed by atoms with E-state index in [0.717, 1.165) is 19.3 Å². The Morgan fingerprint density at radius 1 is 1.12 bits per heavy atom. The molecule has 0 aromatic rings. The summed E-state index contributed by atoms with van der Waals surface area (Å²) in [6, 6.07) is 0. The van der Waals surface area contributed by atoms with E-state index >= 15 is 0 Å².